The summed E-state index contributed by atoms with van der Waals surface area (Å²) in [5.41, 5.74) is -0.785. The summed E-state index contributed by atoms with van der Waals surface area (Å²) in [6.45, 7) is 3.48. The van der Waals surface area contributed by atoms with Gasteiger partial charge in [0.25, 0.3) is 0 Å². The van der Waals surface area contributed by atoms with Crippen molar-refractivity contribution in [1.29, 1.82) is 0 Å². The third-order valence-electron chi connectivity index (χ3n) is 4.14. The normalized spacial score (nSPS) is 11.1. The van der Waals surface area contributed by atoms with E-state index in [4.69, 9.17) is 21.1 Å². The van der Waals surface area contributed by atoms with Gasteiger partial charge in [-0.15, -0.1) is 11.6 Å². The molecule has 1 aromatic heterocycles. The molecule has 1 N–H and O–H groups in total. The first-order chi connectivity index (χ1) is 13.0. The van der Waals surface area contributed by atoms with E-state index in [1.165, 1.54) is 12.1 Å². The molecule has 0 amide bonds. The molecule has 1 aromatic carbocycles. The van der Waals surface area contributed by atoms with Crippen molar-refractivity contribution in [2.75, 3.05) is 19.1 Å². The first-order valence-electron chi connectivity index (χ1n) is 8.70. The molecule has 0 saturated carbocycles. The Hall–Kier alpha value is -2.60. The van der Waals surface area contributed by atoms with Crippen LogP contribution in [-0.4, -0.2) is 41.8 Å². The largest absolute Gasteiger partial charge is 0.465 e. The molecule has 27 heavy (non-hydrogen) atoms. The molecule has 0 fully saturated rings. The number of H-pyrrole nitrogens is 1. The number of carbonyl (C=O) groups is 3. The molecule has 1 heterocycles. The fraction of sp³-hybridized carbons (Fsp3) is 0.350. The van der Waals surface area contributed by atoms with Gasteiger partial charge in [0.1, 0.15) is 0 Å². The van der Waals surface area contributed by atoms with Crippen LogP contribution >= 0.6 is 11.6 Å². The van der Waals surface area contributed by atoms with E-state index in [2.05, 4.69) is 4.98 Å². The van der Waals surface area contributed by atoms with Gasteiger partial charge in [-0.1, -0.05) is 30.3 Å². The highest BCUT2D eigenvalue weighted by molar-refractivity contribution is 6.19. The topological polar surface area (TPSA) is 85.5 Å². The minimum Gasteiger partial charge on any atom is -0.465 e. The lowest BCUT2D eigenvalue weighted by molar-refractivity contribution is -0.165. The maximum absolute atomic E-state index is 12.7. The average molecular weight is 392 g/mol. The Kier molecular flexibility index (Phi) is 7.19. The van der Waals surface area contributed by atoms with Crippen molar-refractivity contribution in [2.24, 2.45) is 0 Å². The predicted molar refractivity (Wildman–Crippen MR) is 101 cm³/mol. The molecule has 0 aliphatic carbocycles. The number of rotatable bonds is 9. The number of aromatic amines is 1. The zero-order chi connectivity index (χ0) is 19.9. The number of ketones is 1. The van der Waals surface area contributed by atoms with Crippen molar-refractivity contribution in [2.45, 2.75) is 25.7 Å². The second-order valence-corrected chi connectivity index (χ2v) is 6.14. The van der Waals surface area contributed by atoms with Gasteiger partial charge >= 0.3 is 11.9 Å². The summed E-state index contributed by atoms with van der Waals surface area (Å²) in [5, 5.41) is 0. The van der Waals surface area contributed by atoms with Crippen molar-refractivity contribution >= 4 is 29.3 Å². The first-order valence-corrected chi connectivity index (χ1v) is 9.24. The van der Waals surface area contributed by atoms with Gasteiger partial charge in [-0.05, 0) is 32.4 Å². The quantitative estimate of drug-likeness (QED) is 0.307. The van der Waals surface area contributed by atoms with E-state index in [1.54, 1.807) is 38.1 Å². The van der Waals surface area contributed by atoms with Gasteiger partial charge in [0.05, 0.1) is 18.9 Å². The first kappa shape index (κ1) is 20.7. The molecule has 0 spiro atoms. The Morgan fingerprint density at radius 1 is 0.963 bits per heavy atom. The number of ether oxygens (including phenoxy) is 2. The third kappa shape index (κ3) is 4.22. The Balaban J connectivity index is 2.50. The van der Waals surface area contributed by atoms with E-state index >= 15 is 0 Å². The van der Waals surface area contributed by atoms with Crippen LogP contribution < -0.4 is 0 Å². The molecule has 0 bridgehead atoms. The van der Waals surface area contributed by atoms with E-state index in [9.17, 15) is 14.4 Å². The van der Waals surface area contributed by atoms with Gasteiger partial charge < -0.3 is 14.5 Å². The van der Waals surface area contributed by atoms with Gasteiger partial charge in [-0.25, -0.2) is 0 Å². The van der Waals surface area contributed by atoms with Crippen molar-refractivity contribution in [3.05, 3.63) is 59.4 Å². The lowest BCUT2D eigenvalue weighted by atomic mass is 9.81. The van der Waals surface area contributed by atoms with Crippen LogP contribution in [0.3, 0.4) is 0 Å². The third-order valence-corrected chi connectivity index (χ3v) is 4.33. The van der Waals surface area contributed by atoms with Crippen LogP contribution in [0.1, 0.15) is 42.0 Å². The summed E-state index contributed by atoms with van der Waals surface area (Å²) in [5.74, 6) is -1.75. The monoisotopic (exact) mass is 391 g/mol. The number of halogens is 1. The van der Waals surface area contributed by atoms with Gasteiger partial charge in [0.2, 0.25) is 11.2 Å². The van der Waals surface area contributed by atoms with Crippen molar-refractivity contribution in [3.8, 4) is 0 Å². The lowest BCUT2D eigenvalue weighted by Gasteiger charge is -2.27. The number of carbonyl (C=O) groups excluding carboxylic acids is 3. The van der Waals surface area contributed by atoms with Crippen molar-refractivity contribution in [3.63, 3.8) is 0 Å². The Bertz CT molecular complexity index is 782. The number of benzene rings is 1. The van der Waals surface area contributed by atoms with E-state index in [-0.39, 0.29) is 42.7 Å². The van der Waals surface area contributed by atoms with Crippen LogP contribution in [0.5, 0.6) is 0 Å². The zero-order valence-electron chi connectivity index (χ0n) is 15.3. The minimum absolute atomic E-state index is 0.0221. The molecule has 0 unspecified atom stereocenters. The van der Waals surface area contributed by atoms with E-state index in [1.807, 2.05) is 6.07 Å². The Labute approximate surface area is 162 Å². The van der Waals surface area contributed by atoms with Crippen molar-refractivity contribution in [1.82, 2.24) is 4.98 Å². The summed E-state index contributed by atoms with van der Waals surface area (Å²) in [4.78, 5) is 41.0. The fourth-order valence-electron chi connectivity index (χ4n) is 2.81. The highest BCUT2D eigenvalue weighted by Gasteiger charge is 2.51. The molecule has 6 nitrogen and oxygen atoms in total. The van der Waals surface area contributed by atoms with Gasteiger partial charge in [0.15, 0.2) is 0 Å². The zero-order valence-corrected chi connectivity index (χ0v) is 16.0. The molecule has 7 heteroatoms. The minimum atomic E-state index is -1.75. The van der Waals surface area contributed by atoms with Crippen LogP contribution in [0.2, 0.25) is 0 Å². The summed E-state index contributed by atoms with van der Waals surface area (Å²) in [6, 6.07) is 11.8. The number of nitrogens with one attached hydrogen (secondary N) is 1. The smallest absolute Gasteiger partial charge is 0.329 e. The second-order valence-electron chi connectivity index (χ2n) is 5.77. The number of alkyl halides is 1. The SMILES string of the molecule is CCOC(=O)C(CCCl)(C(=O)OCC)c1ccc(C(=O)c2ccccc2)[nH]1. The molecule has 2 aromatic rings. The molecule has 2 rings (SSSR count). The van der Waals surface area contributed by atoms with Gasteiger partial charge in [-0.3, -0.25) is 14.4 Å². The molecular weight excluding hydrogens is 370 g/mol. The summed E-state index contributed by atoms with van der Waals surface area (Å²) < 4.78 is 10.3. The predicted octanol–water partition coefficient (Wildman–Crippen LogP) is 3.24. The summed E-state index contributed by atoms with van der Waals surface area (Å²) in [7, 11) is 0. The maximum Gasteiger partial charge on any atom is 0.329 e. The number of aromatic nitrogens is 1. The van der Waals surface area contributed by atoms with Crippen LogP contribution in [0, 0.1) is 0 Å². The highest BCUT2D eigenvalue weighted by atomic mass is 35.5. The molecule has 0 aliphatic rings. The van der Waals surface area contributed by atoms with Crippen LogP contribution in [0.25, 0.3) is 0 Å². The van der Waals surface area contributed by atoms with Crippen LogP contribution in [0.15, 0.2) is 42.5 Å². The number of esters is 2. The molecular formula is C20H22ClNO5. The second kappa shape index (κ2) is 9.37. The average Bonchev–Trinajstić information content (AvgIpc) is 3.16. The molecule has 0 radical (unpaired) electrons. The van der Waals surface area contributed by atoms with Crippen LogP contribution in [-0.2, 0) is 24.5 Å². The van der Waals surface area contributed by atoms with Gasteiger partial charge in [0, 0.05) is 17.1 Å². The van der Waals surface area contributed by atoms with Crippen molar-refractivity contribution < 1.29 is 23.9 Å². The Morgan fingerprint density at radius 2 is 1.56 bits per heavy atom. The summed E-state index contributed by atoms with van der Waals surface area (Å²) >= 11 is 5.89. The standard InChI is InChI=1S/C20H22ClNO5/c1-3-26-18(24)20(12-13-21,19(25)27-4-2)16-11-10-15(22-16)17(23)14-8-6-5-7-9-14/h5-11,22H,3-4,12-13H2,1-2H3. The van der Waals surface area contributed by atoms with Gasteiger partial charge in [-0.2, -0.15) is 0 Å². The number of hydrogen-bond donors (Lipinski definition) is 1. The van der Waals surface area contributed by atoms with E-state index in [0.29, 0.717) is 5.56 Å². The van der Waals surface area contributed by atoms with E-state index in [0.717, 1.165) is 0 Å². The highest BCUT2D eigenvalue weighted by Crippen LogP contribution is 2.32. The summed E-state index contributed by atoms with van der Waals surface area (Å²) in [6.07, 6.45) is -0.0221. The fourth-order valence-corrected chi connectivity index (χ4v) is 3.10. The van der Waals surface area contributed by atoms with E-state index < -0.39 is 17.4 Å². The molecule has 0 saturated heterocycles. The molecule has 144 valence electrons. The molecule has 0 aliphatic heterocycles. The molecule has 0 atom stereocenters. The number of hydrogen-bond acceptors (Lipinski definition) is 5. The lowest BCUT2D eigenvalue weighted by Crippen LogP contribution is -2.47. The maximum atomic E-state index is 12.7. The Morgan fingerprint density at radius 3 is 2.07 bits per heavy atom. The van der Waals surface area contributed by atoms with Crippen LogP contribution in [0.4, 0.5) is 0 Å².